The normalized spacial score (nSPS) is 14.6. The first-order valence-electron chi connectivity index (χ1n) is 8.99. The molecule has 1 amide bonds. The Hall–Kier alpha value is -2.94. The Morgan fingerprint density at radius 3 is 2.31 bits per heavy atom. The molecule has 1 aliphatic rings. The number of sulfone groups is 1. The van der Waals surface area contributed by atoms with Gasteiger partial charge in [-0.05, 0) is 42.5 Å². The van der Waals surface area contributed by atoms with Gasteiger partial charge in [-0.15, -0.1) is 0 Å². The molecule has 0 N–H and O–H groups in total. The van der Waals surface area contributed by atoms with Crippen LogP contribution >= 0.6 is 0 Å². The van der Waals surface area contributed by atoms with Gasteiger partial charge in [0.1, 0.15) is 5.82 Å². The van der Waals surface area contributed by atoms with Crippen molar-refractivity contribution in [1.82, 2.24) is 4.90 Å². The number of hydrogen-bond acceptors (Lipinski definition) is 6. The Labute approximate surface area is 168 Å². The van der Waals surface area contributed by atoms with Crippen LogP contribution in [0.4, 0.5) is 10.1 Å². The zero-order valence-corrected chi connectivity index (χ0v) is 16.7. The van der Waals surface area contributed by atoms with Crippen LogP contribution in [0, 0.1) is 5.82 Å². The standard InChI is InChI=1S/C20H21FN2O5S/c1-29(26,27)18-4-2-3-15(13-18)20(25)28-14-19(24)23-11-9-22(10-12-23)17-7-5-16(21)6-8-17/h2-8,13H,9-12,14H2,1H3. The van der Waals surface area contributed by atoms with E-state index >= 15 is 0 Å². The van der Waals surface area contributed by atoms with Gasteiger partial charge in [0.25, 0.3) is 5.91 Å². The van der Waals surface area contributed by atoms with Crippen molar-refractivity contribution in [3.63, 3.8) is 0 Å². The molecule has 3 rings (SSSR count). The molecule has 0 unspecified atom stereocenters. The summed E-state index contributed by atoms with van der Waals surface area (Å²) in [5, 5.41) is 0. The molecule has 0 spiro atoms. The Morgan fingerprint density at radius 2 is 1.69 bits per heavy atom. The van der Waals surface area contributed by atoms with E-state index < -0.39 is 22.4 Å². The molecule has 1 fully saturated rings. The molecule has 0 saturated carbocycles. The topological polar surface area (TPSA) is 84.0 Å². The maximum Gasteiger partial charge on any atom is 0.338 e. The molecule has 7 nitrogen and oxygen atoms in total. The number of halogens is 1. The SMILES string of the molecule is CS(=O)(=O)c1cccc(C(=O)OCC(=O)N2CCN(c3ccc(F)cc3)CC2)c1. The van der Waals surface area contributed by atoms with Crippen LogP contribution in [0.25, 0.3) is 0 Å². The van der Waals surface area contributed by atoms with E-state index in [1.54, 1.807) is 17.0 Å². The Balaban J connectivity index is 1.51. The van der Waals surface area contributed by atoms with E-state index in [0.29, 0.717) is 26.2 Å². The van der Waals surface area contributed by atoms with Crippen LogP contribution in [0.2, 0.25) is 0 Å². The highest BCUT2D eigenvalue weighted by Crippen LogP contribution is 2.17. The summed E-state index contributed by atoms with van der Waals surface area (Å²) in [4.78, 5) is 28.1. The van der Waals surface area contributed by atoms with Crippen molar-refractivity contribution in [2.75, 3.05) is 43.9 Å². The molecule has 29 heavy (non-hydrogen) atoms. The lowest BCUT2D eigenvalue weighted by Crippen LogP contribution is -2.49. The Morgan fingerprint density at radius 1 is 1.03 bits per heavy atom. The van der Waals surface area contributed by atoms with Gasteiger partial charge in [0.05, 0.1) is 10.5 Å². The number of benzene rings is 2. The molecule has 0 atom stereocenters. The van der Waals surface area contributed by atoms with E-state index in [0.717, 1.165) is 11.9 Å². The summed E-state index contributed by atoms with van der Waals surface area (Å²) < 4.78 is 41.3. The van der Waals surface area contributed by atoms with Crippen LogP contribution in [0.15, 0.2) is 53.4 Å². The van der Waals surface area contributed by atoms with Crippen molar-refractivity contribution in [3.05, 3.63) is 59.9 Å². The third-order valence-electron chi connectivity index (χ3n) is 4.65. The van der Waals surface area contributed by atoms with Crippen LogP contribution in [0.1, 0.15) is 10.4 Å². The largest absolute Gasteiger partial charge is 0.452 e. The average molecular weight is 420 g/mol. The zero-order valence-electron chi connectivity index (χ0n) is 15.9. The second-order valence-corrected chi connectivity index (χ2v) is 8.74. The highest BCUT2D eigenvalue weighted by molar-refractivity contribution is 7.90. The lowest BCUT2D eigenvalue weighted by molar-refractivity contribution is -0.134. The third kappa shape index (κ3) is 5.32. The first-order valence-corrected chi connectivity index (χ1v) is 10.9. The van der Waals surface area contributed by atoms with Crippen LogP contribution in [0.3, 0.4) is 0 Å². The first-order chi connectivity index (χ1) is 13.7. The molecule has 1 saturated heterocycles. The molecule has 0 aromatic heterocycles. The molecule has 1 aliphatic heterocycles. The minimum Gasteiger partial charge on any atom is -0.452 e. The van der Waals surface area contributed by atoms with Gasteiger partial charge in [-0.3, -0.25) is 4.79 Å². The second-order valence-electron chi connectivity index (χ2n) is 6.72. The molecule has 1 heterocycles. The molecule has 9 heteroatoms. The first kappa shape index (κ1) is 20.8. The Kier molecular flexibility index (Phi) is 6.17. The van der Waals surface area contributed by atoms with E-state index in [1.165, 1.54) is 36.4 Å². The summed E-state index contributed by atoms with van der Waals surface area (Å²) in [6.45, 7) is 1.66. The number of esters is 1. The van der Waals surface area contributed by atoms with Crippen LogP contribution in [-0.2, 0) is 19.4 Å². The van der Waals surface area contributed by atoms with Crippen molar-refractivity contribution >= 4 is 27.4 Å². The van der Waals surface area contributed by atoms with Crippen LogP contribution in [-0.4, -0.2) is 64.2 Å². The molecule has 2 aromatic rings. The number of rotatable bonds is 5. The van der Waals surface area contributed by atoms with Gasteiger partial charge in [-0.25, -0.2) is 17.6 Å². The summed E-state index contributed by atoms with van der Waals surface area (Å²) in [6.07, 6.45) is 1.05. The number of amides is 1. The summed E-state index contributed by atoms with van der Waals surface area (Å²) in [6, 6.07) is 11.7. The number of anilines is 1. The summed E-state index contributed by atoms with van der Waals surface area (Å²) in [5.74, 6) is -1.38. The monoisotopic (exact) mass is 420 g/mol. The molecule has 0 radical (unpaired) electrons. The highest BCUT2D eigenvalue weighted by Gasteiger charge is 2.22. The van der Waals surface area contributed by atoms with E-state index in [-0.39, 0.29) is 22.2 Å². The van der Waals surface area contributed by atoms with Crippen molar-refractivity contribution in [1.29, 1.82) is 0 Å². The summed E-state index contributed by atoms with van der Waals surface area (Å²) in [5.41, 5.74) is 0.956. The van der Waals surface area contributed by atoms with Crippen LogP contribution in [0.5, 0.6) is 0 Å². The summed E-state index contributed by atoms with van der Waals surface area (Å²) >= 11 is 0. The second kappa shape index (κ2) is 8.60. The van der Waals surface area contributed by atoms with Gasteiger partial charge >= 0.3 is 5.97 Å². The Bertz CT molecular complexity index is 1000. The lowest BCUT2D eigenvalue weighted by Gasteiger charge is -2.36. The molecular formula is C20H21FN2O5S. The fourth-order valence-electron chi connectivity index (χ4n) is 3.02. The van der Waals surface area contributed by atoms with Crippen molar-refractivity contribution in [2.24, 2.45) is 0 Å². The maximum absolute atomic E-state index is 13.0. The van der Waals surface area contributed by atoms with Gasteiger partial charge in [-0.2, -0.15) is 0 Å². The number of piperazine rings is 1. The number of ether oxygens (including phenoxy) is 1. The van der Waals surface area contributed by atoms with E-state index in [9.17, 15) is 22.4 Å². The van der Waals surface area contributed by atoms with E-state index in [4.69, 9.17) is 4.74 Å². The van der Waals surface area contributed by atoms with Gasteiger partial charge in [-0.1, -0.05) is 6.07 Å². The molecule has 0 bridgehead atoms. The van der Waals surface area contributed by atoms with E-state index in [2.05, 4.69) is 0 Å². The molecule has 0 aliphatic carbocycles. The quantitative estimate of drug-likeness (QED) is 0.685. The number of carbonyl (C=O) groups excluding carboxylic acids is 2. The van der Waals surface area contributed by atoms with Gasteiger partial charge < -0.3 is 14.5 Å². The van der Waals surface area contributed by atoms with Gasteiger partial charge in [0, 0.05) is 38.1 Å². The molecule has 154 valence electrons. The van der Waals surface area contributed by atoms with Crippen molar-refractivity contribution < 1.29 is 27.1 Å². The highest BCUT2D eigenvalue weighted by atomic mass is 32.2. The van der Waals surface area contributed by atoms with Gasteiger partial charge in [0.15, 0.2) is 16.4 Å². The predicted octanol–water partition coefficient (Wildman–Crippen LogP) is 1.73. The smallest absolute Gasteiger partial charge is 0.338 e. The minimum atomic E-state index is -3.45. The number of hydrogen-bond donors (Lipinski definition) is 0. The summed E-state index contributed by atoms with van der Waals surface area (Å²) in [7, 11) is -3.45. The van der Waals surface area contributed by atoms with Crippen molar-refractivity contribution in [3.8, 4) is 0 Å². The molecule has 2 aromatic carbocycles. The number of nitrogens with zero attached hydrogens (tertiary/aromatic N) is 2. The fourth-order valence-corrected chi connectivity index (χ4v) is 3.69. The van der Waals surface area contributed by atoms with Gasteiger partial charge in [0.2, 0.25) is 0 Å². The minimum absolute atomic E-state index is 0.00944. The maximum atomic E-state index is 13.0. The molecular weight excluding hydrogens is 399 g/mol. The van der Waals surface area contributed by atoms with Crippen LogP contribution < -0.4 is 4.90 Å². The van der Waals surface area contributed by atoms with E-state index in [1.807, 2.05) is 4.90 Å². The third-order valence-corrected chi connectivity index (χ3v) is 5.76. The predicted molar refractivity (Wildman–Crippen MR) is 105 cm³/mol. The number of carbonyl (C=O) groups is 2. The fraction of sp³-hybridized carbons (Fsp3) is 0.300. The zero-order chi connectivity index (χ0) is 21.0. The lowest BCUT2D eigenvalue weighted by atomic mass is 10.2. The van der Waals surface area contributed by atoms with Crippen molar-refractivity contribution in [2.45, 2.75) is 4.90 Å². The average Bonchev–Trinajstić information content (AvgIpc) is 2.72.